The third-order valence-corrected chi connectivity index (χ3v) is 4.29. The Hall–Kier alpha value is -4.01. The van der Waals surface area contributed by atoms with Gasteiger partial charge in [0.1, 0.15) is 17.1 Å². The summed E-state index contributed by atoms with van der Waals surface area (Å²) in [6.07, 6.45) is -0.116. The van der Waals surface area contributed by atoms with Crippen molar-refractivity contribution in [3.8, 4) is 17.0 Å². The molecule has 1 amide bonds. The number of hydrogen-bond donors (Lipinski definition) is 2. The number of nitrogens with zero attached hydrogens (tertiary/aromatic N) is 3. The lowest BCUT2D eigenvalue weighted by Gasteiger charge is -2.07. The van der Waals surface area contributed by atoms with E-state index in [1.165, 1.54) is 16.6 Å². The Morgan fingerprint density at radius 3 is 2.76 bits per heavy atom. The second-order valence-electron chi connectivity index (χ2n) is 6.26. The molecular formula is C20H16FN5O3. The zero-order chi connectivity index (χ0) is 20.4. The molecule has 0 unspecified atom stereocenters. The van der Waals surface area contributed by atoms with Crippen LogP contribution in [-0.4, -0.2) is 32.8 Å². The van der Waals surface area contributed by atoms with Crippen LogP contribution in [0.25, 0.3) is 16.8 Å². The lowest BCUT2D eigenvalue weighted by Crippen LogP contribution is -2.22. The van der Waals surface area contributed by atoms with E-state index in [9.17, 15) is 14.0 Å². The van der Waals surface area contributed by atoms with E-state index < -0.39 is 5.56 Å². The summed E-state index contributed by atoms with van der Waals surface area (Å²) in [6, 6.07) is 14.3. The van der Waals surface area contributed by atoms with Gasteiger partial charge in [-0.1, -0.05) is 6.07 Å². The first-order valence-corrected chi connectivity index (χ1v) is 8.70. The Kier molecular flexibility index (Phi) is 4.78. The predicted octanol–water partition coefficient (Wildman–Crippen LogP) is 2.41. The van der Waals surface area contributed by atoms with Gasteiger partial charge in [-0.3, -0.25) is 9.59 Å². The molecule has 0 bridgehead atoms. The van der Waals surface area contributed by atoms with Gasteiger partial charge >= 0.3 is 0 Å². The van der Waals surface area contributed by atoms with E-state index in [1.54, 1.807) is 49.6 Å². The molecule has 2 aromatic carbocycles. The molecule has 2 heterocycles. The lowest BCUT2D eigenvalue weighted by molar-refractivity contribution is -0.115. The number of carbonyl (C=O) groups excluding carboxylic acids is 1. The Balaban J connectivity index is 1.63. The number of rotatable bonds is 5. The van der Waals surface area contributed by atoms with Gasteiger partial charge in [-0.15, -0.1) is 0 Å². The number of fused-ring (bicyclic) bond motifs is 1. The van der Waals surface area contributed by atoms with Crippen molar-refractivity contribution in [2.45, 2.75) is 6.42 Å². The number of aromatic nitrogens is 4. The normalized spacial score (nSPS) is 10.8. The quantitative estimate of drug-likeness (QED) is 0.542. The van der Waals surface area contributed by atoms with Crippen LogP contribution in [0.15, 0.2) is 59.4 Å². The number of nitrogens with one attached hydrogen (secondary N) is 2. The molecule has 0 spiro atoms. The van der Waals surface area contributed by atoms with E-state index in [-0.39, 0.29) is 29.5 Å². The van der Waals surface area contributed by atoms with Gasteiger partial charge in [0.25, 0.3) is 5.56 Å². The summed E-state index contributed by atoms with van der Waals surface area (Å²) < 4.78 is 19.6. The maximum absolute atomic E-state index is 13.2. The van der Waals surface area contributed by atoms with Gasteiger partial charge in [-0.25, -0.2) is 14.0 Å². The third kappa shape index (κ3) is 3.84. The third-order valence-electron chi connectivity index (χ3n) is 4.29. The number of anilines is 1. The van der Waals surface area contributed by atoms with Crippen molar-refractivity contribution in [3.63, 3.8) is 0 Å². The highest BCUT2D eigenvalue weighted by molar-refractivity contribution is 5.92. The molecule has 0 aliphatic carbocycles. The average molecular weight is 393 g/mol. The van der Waals surface area contributed by atoms with E-state index >= 15 is 0 Å². The van der Waals surface area contributed by atoms with Crippen LogP contribution in [0.2, 0.25) is 0 Å². The molecule has 0 radical (unpaired) electrons. The summed E-state index contributed by atoms with van der Waals surface area (Å²) in [4.78, 5) is 24.6. The fourth-order valence-electron chi connectivity index (χ4n) is 2.89. The standard InChI is InChI=1S/C20H16FN5O3/c1-29-15-4-2-3-14(9-15)22-19(27)11-18-23-24-20(28)17-10-16(25-26(17)18)12-5-7-13(21)8-6-12/h2-10H,11H2,1H3,(H,22,27)(H,24,28). The largest absolute Gasteiger partial charge is 0.497 e. The van der Waals surface area contributed by atoms with Crippen molar-refractivity contribution < 1.29 is 13.9 Å². The Morgan fingerprint density at radius 1 is 1.21 bits per heavy atom. The van der Waals surface area contributed by atoms with Gasteiger partial charge in [-0.2, -0.15) is 10.2 Å². The number of benzene rings is 2. The number of aromatic amines is 1. The molecule has 8 nitrogen and oxygen atoms in total. The fourth-order valence-corrected chi connectivity index (χ4v) is 2.89. The summed E-state index contributed by atoms with van der Waals surface area (Å²) in [6.45, 7) is 0. The molecule has 2 aromatic heterocycles. The number of halogens is 1. The number of amides is 1. The first kappa shape index (κ1) is 18.4. The summed E-state index contributed by atoms with van der Waals surface area (Å²) >= 11 is 0. The molecule has 4 rings (SSSR count). The highest BCUT2D eigenvalue weighted by atomic mass is 19.1. The van der Waals surface area contributed by atoms with Crippen LogP contribution in [0.3, 0.4) is 0 Å². The SMILES string of the molecule is COc1cccc(NC(=O)Cc2n[nH]c(=O)c3cc(-c4ccc(F)cc4)nn23)c1. The van der Waals surface area contributed by atoms with Crippen LogP contribution in [-0.2, 0) is 11.2 Å². The highest BCUT2D eigenvalue weighted by Gasteiger charge is 2.15. The minimum absolute atomic E-state index is 0.116. The molecule has 0 atom stereocenters. The van der Waals surface area contributed by atoms with Crippen LogP contribution in [0.1, 0.15) is 5.82 Å². The summed E-state index contributed by atoms with van der Waals surface area (Å²) in [7, 11) is 1.54. The number of ether oxygens (including phenoxy) is 1. The van der Waals surface area contributed by atoms with Crippen LogP contribution in [0, 0.1) is 5.82 Å². The number of H-pyrrole nitrogens is 1. The molecule has 0 aliphatic rings. The first-order valence-electron chi connectivity index (χ1n) is 8.70. The Morgan fingerprint density at radius 2 is 2.00 bits per heavy atom. The van der Waals surface area contributed by atoms with E-state index in [1.807, 2.05) is 0 Å². The highest BCUT2D eigenvalue weighted by Crippen LogP contribution is 2.20. The fraction of sp³-hybridized carbons (Fsp3) is 0.100. The van der Waals surface area contributed by atoms with Crippen LogP contribution in [0.5, 0.6) is 5.75 Å². The van der Waals surface area contributed by atoms with Crippen LogP contribution < -0.4 is 15.6 Å². The van der Waals surface area contributed by atoms with Gasteiger partial charge in [0, 0.05) is 17.3 Å². The van der Waals surface area contributed by atoms with Crippen molar-refractivity contribution >= 4 is 17.1 Å². The topological polar surface area (TPSA) is 101 Å². The van der Waals surface area contributed by atoms with E-state index in [0.29, 0.717) is 22.7 Å². The van der Waals surface area contributed by atoms with Gasteiger partial charge in [-0.05, 0) is 42.5 Å². The Bertz CT molecular complexity index is 1250. The van der Waals surface area contributed by atoms with Crippen LogP contribution in [0.4, 0.5) is 10.1 Å². The molecule has 9 heteroatoms. The molecule has 0 aliphatic heterocycles. The van der Waals surface area contributed by atoms with Crippen molar-refractivity contribution in [3.05, 3.63) is 76.6 Å². The monoisotopic (exact) mass is 393 g/mol. The molecule has 4 aromatic rings. The van der Waals surface area contributed by atoms with Crippen LogP contribution >= 0.6 is 0 Å². The summed E-state index contributed by atoms with van der Waals surface area (Å²) in [5.74, 6) is 0.168. The molecule has 29 heavy (non-hydrogen) atoms. The predicted molar refractivity (Wildman–Crippen MR) is 104 cm³/mol. The zero-order valence-corrected chi connectivity index (χ0v) is 15.3. The first-order chi connectivity index (χ1) is 14.0. The number of carbonyl (C=O) groups is 1. The van der Waals surface area contributed by atoms with Gasteiger partial charge in [0.2, 0.25) is 5.91 Å². The molecular weight excluding hydrogens is 377 g/mol. The number of hydrogen-bond acceptors (Lipinski definition) is 5. The molecule has 146 valence electrons. The minimum atomic E-state index is -0.442. The van der Waals surface area contributed by atoms with Gasteiger partial charge in [0.05, 0.1) is 19.2 Å². The number of methoxy groups -OCH3 is 1. The summed E-state index contributed by atoms with van der Waals surface area (Å²) in [5.41, 5.74) is 1.48. The van der Waals surface area contributed by atoms with E-state index in [4.69, 9.17) is 4.74 Å². The van der Waals surface area contributed by atoms with Crippen molar-refractivity contribution in [1.29, 1.82) is 0 Å². The van der Waals surface area contributed by atoms with Crippen molar-refractivity contribution in [2.24, 2.45) is 0 Å². The molecule has 2 N–H and O–H groups in total. The van der Waals surface area contributed by atoms with Gasteiger partial charge < -0.3 is 10.1 Å². The molecule has 0 saturated heterocycles. The minimum Gasteiger partial charge on any atom is -0.497 e. The smallest absolute Gasteiger partial charge is 0.290 e. The maximum Gasteiger partial charge on any atom is 0.290 e. The van der Waals surface area contributed by atoms with E-state index in [0.717, 1.165) is 0 Å². The molecule has 0 fully saturated rings. The summed E-state index contributed by atoms with van der Waals surface area (Å²) in [5, 5.41) is 13.5. The van der Waals surface area contributed by atoms with E-state index in [2.05, 4.69) is 20.6 Å². The average Bonchev–Trinajstić information content (AvgIpc) is 3.17. The second kappa shape index (κ2) is 7.55. The second-order valence-corrected chi connectivity index (χ2v) is 6.26. The van der Waals surface area contributed by atoms with Gasteiger partial charge in [0.15, 0.2) is 5.82 Å². The Labute approximate surface area is 164 Å². The molecule has 0 saturated carbocycles. The zero-order valence-electron chi connectivity index (χ0n) is 15.3. The lowest BCUT2D eigenvalue weighted by atomic mass is 10.1. The van der Waals surface area contributed by atoms with Crippen molar-refractivity contribution in [1.82, 2.24) is 19.8 Å². The maximum atomic E-state index is 13.2. The van der Waals surface area contributed by atoms with Crippen molar-refractivity contribution in [2.75, 3.05) is 12.4 Å².